The van der Waals surface area contributed by atoms with Gasteiger partial charge in [-0.15, -0.1) is 0 Å². The Morgan fingerprint density at radius 2 is 0.636 bits per heavy atom. The van der Waals surface area contributed by atoms with E-state index in [4.69, 9.17) is 0 Å². The van der Waals surface area contributed by atoms with Crippen LogP contribution in [0.3, 0.4) is 0 Å². The molecule has 4 fully saturated rings. The zero-order valence-electron chi connectivity index (χ0n) is 7.05. The minimum absolute atomic E-state index is 0. The molecule has 4 bridgehead atoms. The van der Waals surface area contributed by atoms with Gasteiger partial charge in [-0.3, -0.25) is 0 Å². The quantitative estimate of drug-likeness (QED) is 0.597. The van der Waals surface area contributed by atoms with Gasteiger partial charge in [-0.05, 0) is 62.2 Å². The first-order chi connectivity index (χ1) is 4.90. The first kappa shape index (κ1) is 8.48. The van der Waals surface area contributed by atoms with Crippen molar-refractivity contribution < 1.29 is 26.2 Å². The second kappa shape index (κ2) is 2.98. The van der Waals surface area contributed by atoms with Gasteiger partial charge in [0.05, 0.1) is 0 Å². The van der Waals surface area contributed by atoms with Crippen LogP contribution in [-0.2, 0) is 26.2 Å². The Labute approximate surface area is 88.3 Å². The van der Waals surface area contributed by atoms with E-state index in [1.54, 1.807) is 38.5 Å². The summed E-state index contributed by atoms with van der Waals surface area (Å²) in [5.74, 6) is 4.71. The van der Waals surface area contributed by atoms with Gasteiger partial charge in [0, 0.05) is 26.2 Å². The second-order valence-electron chi connectivity index (χ2n) is 4.88. The van der Waals surface area contributed by atoms with Gasteiger partial charge < -0.3 is 0 Å². The van der Waals surface area contributed by atoms with Crippen LogP contribution in [0, 0.1) is 23.7 Å². The molecule has 4 saturated carbocycles. The molecule has 0 aromatic heterocycles. The molecule has 4 rings (SSSR count). The van der Waals surface area contributed by atoms with Crippen LogP contribution in [0.25, 0.3) is 0 Å². The van der Waals surface area contributed by atoms with Gasteiger partial charge in [-0.25, -0.2) is 0 Å². The Balaban J connectivity index is 0.000000480. The molecule has 0 radical (unpaired) electrons. The summed E-state index contributed by atoms with van der Waals surface area (Å²) >= 11 is 0. The molecule has 11 heavy (non-hydrogen) atoms. The molecular weight excluding hydrogens is 211 g/mol. The normalized spacial score (nSPS) is 52.4. The summed E-state index contributed by atoms with van der Waals surface area (Å²) < 4.78 is 0. The van der Waals surface area contributed by atoms with Crippen molar-refractivity contribution in [2.75, 3.05) is 0 Å². The summed E-state index contributed by atoms with van der Waals surface area (Å²) in [6.45, 7) is 0. The zero-order chi connectivity index (χ0) is 6.55. The van der Waals surface area contributed by atoms with Crippen LogP contribution >= 0.6 is 0 Å². The number of rotatable bonds is 0. The fraction of sp³-hybridized carbons (Fsp3) is 1.00. The van der Waals surface area contributed by atoms with Crippen LogP contribution in [-0.4, -0.2) is 0 Å². The molecule has 0 atom stereocenters. The van der Waals surface area contributed by atoms with Gasteiger partial charge in [-0.1, -0.05) is 0 Å². The van der Waals surface area contributed by atoms with Crippen molar-refractivity contribution in [1.29, 1.82) is 0 Å². The Kier molecular flexibility index (Phi) is 2.30. The first-order valence-corrected chi connectivity index (χ1v) is 4.90. The molecule has 60 valence electrons. The summed E-state index contributed by atoms with van der Waals surface area (Å²) in [6.07, 6.45) is 9.62. The molecule has 0 N–H and O–H groups in total. The molecule has 0 nitrogen and oxygen atoms in total. The maximum Gasteiger partial charge on any atom is 0 e. The summed E-state index contributed by atoms with van der Waals surface area (Å²) in [4.78, 5) is 0. The van der Waals surface area contributed by atoms with Crippen LogP contribution in [0.4, 0.5) is 0 Å². The summed E-state index contributed by atoms with van der Waals surface area (Å²) in [5.41, 5.74) is 0. The maximum absolute atomic E-state index is 1.60. The van der Waals surface area contributed by atoms with Crippen molar-refractivity contribution in [3.63, 3.8) is 0 Å². The number of hydrogen-bond donors (Lipinski definition) is 0. The van der Waals surface area contributed by atoms with E-state index in [-0.39, 0.29) is 26.2 Å². The topological polar surface area (TPSA) is 0 Å². The molecular formula is C10H16Zr. The molecule has 0 aromatic carbocycles. The van der Waals surface area contributed by atoms with Gasteiger partial charge in [0.25, 0.3) is 0 Å². The smallest absolute Gasteiger partial charge is 0 e. The predicted molar refractivity (Wildman–Crippen MR) is 41.7 cm³/mol. The predicted octanol–water partition coefficient (Wildman–Crippen LogP) is 2.83. The summed E-state index contributed by atoms with van der Waals surface area (Å²) in [5, 5.41) is 0. The van der Waals surface area contributed by atoms with Crippen molar-refractivity contribution in [2.45, 2.75) is 38.5 Å². The van der Waals surface area contributed by atoms with Crippen LogP contribution in [0.1, 0.15) is 38.5 Å². The zero-order valence-corrected chi connectivity index (χ0v) is 9.51. The average Bonchev–Trinajstić information content (AvgIpc) is 1.82. The van der Waals surface area contributed by atoms with Gasteiger partial charge in [-0.2, -0.15) is 0 Å². The first-order valence-electron chi connectivity index (χ1n) is 4.90. The van der Waals surface area contributed by atoms with E-state index in [1.807, 2.05) is 0 Å². The average molecular weight is 227 g/mol. The van der Waals surface area contributed by atoms with E-state index >= 15 is 0 Å². The Morgan fingerprint density at radius 3 is 0.818 bits per heavy atom. The number of hydrogen-bond acceptors (Lipinski definition) is 0. The van der Waals surface area contributed by atoms with E-state index in [0.717, 1.165) is 0 Å². The van der Waals surface area contributed by atoms with Gasteiger partial charge in [0.1, 0.15) is 0 Å². The summed E-state index contributed by atoms with van der Waals surface area (Å²) in [7, 11) is 0. The van der Waals surface area contributed by atoms with Crippen LogP contribution in [0.5, 0.6) is 0 Å². The van der Waals surface area contributed by atoms with Gasteiger partial charge in [0.2, 0.25) is 0 Å². The van der Waals surface area contributed by atoms with Gasteiger partial charge >= 0.3 is 0 Å². The maximum atomic E-state index is 1.60. The third kappa shape index (κ3) is 1.39. The third-order valence-electron chi connectivity index (χ3n) is 4.00. The van der Waals surface area contributed by atoms with E-state index in [9.17, 15) is 0 Å². The van der Waals surface area contributed by atoms with E-state index in [2.05, 4.69) is 0 Å². The Bertz CT molecular complexity index is 96.4. The standard InChI is InChI=1S/C10H16.Zr/c1-7-2-9-4-8(1)5-10(3-7)6-9;/h7-10H,1-6H2;. The molecule has 0 heterocycles. The van der Waals surface area contributed by atoms with Crippen molar-refractivity contribution in [1.82, 2.24) is 0 Å². The van der Waals surface area contributed by atoms with Crippen molar-refractivity contribution in [3.8, 4) is 0 Å². The monoisotopic (exact) mass is 226 g/mol. The van der Waals surface area contributed by atoms with Crippen LogP contribution in [0.15, 0.2) is 0 Å². The minimum atomic E-state index is 0. The molecule has 0 aromatic rings. The molecule has 0 unspecified atom stereocenters. The second-order valence-corrected chi connectivity index (χ2v) is 4.88. The molecule has 0 saturated heterocycles. The molecule has 4 aliphatic carbocycles. The van der Waals surface area contributed by atoms with E-state index in [0.29, 0.717) is 0 Å². The van der Waals surface area contributed by atoms with Crippen LogP contribution < -0.4 is 0 Å². The van der Waals surface area contributed by atoms with E-state index < -0.39 is 0 Å². The van der Waals surface area contributed by atoms with Crippen molar-refractivity contribution in [2.24, 2.45) is 23.7 Å². The minimum Gasteiger partial charge on any atom is -0.0475 e. The summed E-state index contributed by atoms with van der Waals surface area (Å²) in [6, 6.07) is 0. The van der Waals surface area contributed by atoms with Crippen LogP contribution in [0.2, 0.25) is 0 Å². The molecule has 0 amide bonds. The molecule has 0 aliphatic heterocycles. The fourth-order valence-electron chi connectivity index (χ4n) is 3.98. The van der Waals surface area contributed by atoms with E-state index in [1.165, 1.54) is 23.7 Å². The Morgan fingerprint density at radius 1 is 0.455 bits per heavy atom. The molecule has 0 spiro atoms. The van der Waals surface area contributed by atoms with Crippen molar-refractivity contribution >= 4 is 0 Å². The SMILES string of the molecule is C1C2CC3CC1CC(C2)C3.[Zr]. The third-order valence-corrected chi connectivity index (χ3v) is 4.00. The Hall–Kier alpha value is 0.883. The van der Waals surface area contributed by atoms with Gasteiger partial charge in [0.15, 0.2) is 0 Å². The fourth-order valence-corrected chi connectivity index (χ4v) is 3.98. The van der Waals surface area contributed by atoms with Crippen molar-refractivity contribution in [3.05, 3.63) is 0 Å². The molecule has 1 heteroatoms. The largest absolute Gasteiger partial charge is 0.0475 e. The molecule has 4 aliphatic rings.